The SMILES string of the molecule is c1ccc(C2(c3ccccc3)c3ccccc3-c3c2cc(N(c2ccc4c5ccccc5c5ccccc5c4c2)c2cccc4c2-c2ccccc2C42c4ccccc4-n4c5ccccc5c5cccc2c54)c2ccccc32)cc1. The number of hydrogen-bond donors (Lipinski definition) is 0. The van der Waals surface area contributed by atoms with Gasteiger partial charge in [-0.25, -0.2) is 0 Å². The number of nitrogens with zero attached hydrogens (tertiary/aromatic N) is 2. The maximum absolute atomic E-state index is 2.65. The highest BCUT2D eigenvalue weighted by Crippen LogP contribution is 2.65. The molecule has 1 aromatic heterocycles. The molecule has 1 unspecified atom stereocenters. The second-order valence-corrected chi connectivity index (χ2v) is 22.1. The van der Waals surface area contributed by atoms with Crippen LogP contribution in [0.2, 0.25) is 0 Å². The van der Waals surface area contributed by atoms with Gasteiger partial charge in [0.1, 0.15) is 0 Å². The Balaban J connectivity index is 1.01. The van der Waals surface area contributed by atoms with Gasteiger partial charge in [0.15, 0.2) is 0 Å². The lowest BCUT2D eigenvalue weighted by molar-refractivity contribution is 0.748. The molecule has 2 nitrogen and oxygen atoms in total. The first-order valence-electron chi connectivity index (χ1n) is 28.0. The fraction of sp³-hybridized carbons (Fsp3) is 0.0256. The van der Waals surface area contributed by atoms with Crippen LogP contribution in [0.15, 0.2) is 291 Å². The Morgan fingerprint density at radius 3 is 1.45 bits per heavy atom. The van der Waals surface area contributed by atoms with Crippen molar-refractivity contribution in [1.82, 2.24) is 4.57 Å². The molecule has 0 saturated carbocycles. The van der Waals surface area contributed by atoms with E-state index in [1.807, 2.05) is 0 Å². The second kappa shape index (κ2) is 16.1. The molecule has 18 rings (SSSR count). The molecular formula is C78H48N2. The molecule has 1 spiro atoms. The van der Waals surface area contributed by atoms with Gasteiger partial charge in [0.05, 0.1) is 38.9 Å². The molecule has 1 aliphatic heterocycles. The first-order chi connectivity index (χ1) is 39.7. The summed E-state index contributed by atoms with van der Waals surface area (Å²) in [5.41, 5.74) is 21.1. The number of benzene rings is 14. The van der Waals surface area contributed by atoms with Gasteiger partial charge >= 0.3 is 0 Å². The van der Waals surface area contributed by atoms with Crippen LogP contribution >= 0.6 is 0 Å². The van der Waals surface area contributed by atoms with Gasteiger partial charge < -0.3 is 9.47 Å². The summed E-state index contributed by atoms with van der Waals surface area (Å²) >= 11 is 0. The van der Waals surface area contributed by atoms with E-state index < -0.39 is 10.8 Å². The zero-order valence-electron chi connectivity index (χ0n) is 43.6. The van der Waals surface area contributed by atoms with E-state index in [1.165, 1.54) is 137 Å². The molecule has 2 aliphatic carbocycles. The Morgan fingerprint density at radius 1 is 0.263 bits per heavy atom. The molecule has 14 aromatic carbocycles. The molecule has 2 heteroatoms. The second-order valence-electron chi connectivity index (χ2n) is 22.1. The van der Waals surface area contributed by atoms with Crippen LogP contribution in [0.5, 0.6) is 0 Å². The minimum Gasteiger partial charge on any atom is -0.309 e. The predicted octanol–water partition coefficient (Wildman–Crippen LogP) is 19.9. The van der Waals surface area contributed by atoms with Crippen molar-refractivity contribution >= 4 is 82.0 Å². The topological polar surface area (TPSA) is 8.17 Å². The van der Waals surface area contributed by atoms with Crippen LogP contribution < -0.4 is 4.90 Å². The molecule has 15 aromatic rings. The van der Waals surface area contributed by atoms with Crippen molar-refractivity contribution in [3.8, 4) is 27.9 Å². The Morgan fingerprint density at radius 2 is 0.750 bits per heavy atom. The molecule has 0 fully saturated rings. The van der Waals surface area contributed by atoms with Crippen molar-refractivity contribution < 1.29 is 0 Å². The van der Waals surface area contributed by atoms with E-state index in [0.717, 1.165) is 17.1 Å². The zero-order valence-corrected chi connectivity index (χ0v) is 43.6. The van der Waals surface area contributed by atoms with Crippen LogP contribution in [-0.2, 0) is 10.8 Å². The molecule has 0 radical (unpaired) electrons. The van der Waals surface area contributed by atoms with Gasteiger partial charge in [0.2, 0.25) is 0 Å². The molecule has 1 atom stereocenters. The normalized spacial score (nSPS) is 15.2. The van der Waals surface area contributed by atoms with Gasteiger partial charge in [0.25, 0.3) is 0 Å². The molecule has 3 aliphatic rings. The van der Waals surface area contributed by atoms with Crippen LogP contribution in [0.3, 0.4) is 0 Å². The molecule has 0 saturated heterocycles. The third-order valence-electron chi connectivity index (χ3n) is 18.6. The van der Waals surface area contributed by atoms with Gasteiger partial charge in [-0.15, -0.1) is 0 Å². The summed E-state index contributed by atoms with van der Waals surface area (Å²) in [7, 11) is 0. The summed E-state index contributed by atoms with van der Waals surface area (Å²) in [6.07, 6.45) is 0. The van der Waals surface area contributed by atoms with E-state index in [9.17, 15) is 0 Å². The summed E-state index contributed by atoms with van der Waals surface area (Å²) < 4.78 is 2.54. The van der Waals surface area contributed by atoms with Crippen molar-refractivity contribution in [1.29, 1.82) is 0 Å². The van der Waals surface area contributed by atoms with Crippen LogP contribution in [0.1, 0.15) is 44.5 Å². The molecule has 0 amide bonds. The maximum atomic E-state index is 2.65. The van der Waals surface area contributed by atoms with Crippen molar-refractivity contribution in [3.63, 3.8) is 0 Å². The number of para-hydroxylation sites is 3. The fourth-order valence-electron chi connectivity index (χ4n) is 15.7. The highest BCUT2D eigenvalue weighted by atomic mass is 15.1. The van der Waals surface area contributed by atoms with Gasteiger partial charge in [-0.3, -0.25) is 0 Å². The summed E-state index contributed by atoms with van der Waals surface area (Å²) in [5.74, 6) is 0. The third kappa shape index (κ3) is 5.43. The van der Waals surface area contributed by atoms with Crippen molar-refractivity contribution in [3.05, 3.63) is 336 Å². The summed E-state index contributed by atoms with van der Waals surface area (Å²) in [4.78, 5) is 2.65. The average molecular weight is 1010 g/mol. The van der Waals surface area contributed by atoms with Gasteiger partial charge in [0, 0.05) is 27.4 Å². The van der Waals surface area contributed by atoms with E-state index in [0.29, 0.717) is 0 Å². The number of fused-ring (bicyclic) bond motifs is 23. The predicted molar refractivity (Wildman–Crippen MR) is 334 cm³/mol. The minimum atomic E-state index is -0.635. The van der Waals surface area contributed by atoms with E-state index in [-0.39, 0.29) is 0 Å². The van der Waals surface area contributed by atoms with Crippen LogP contribution in [0, 0.1) is 0 Å². The number of rotatable bonds is 5. The molecule has 370 valence electrons. The third-order valence-corrected chi connectivity index (χ3v) is 18.6. The molecule has 0 bridgehead atoms. The Kier molecular flexibility index (Phi) is 8.83. The van der Waals surface area contributed by atoms with E-state index in [4.69, 9.17) is 0 Å². The van der Waals surface area contributed by atoms with Gasteiger partial charge in [-0.1, -0.05) is 255 Å². The van der Waals surface area contributed by atoms with Crippen LogP contribution in [0.4, 0.5) is 17.1 Å². The lowest BCUT2D eigenvalue weighted by Crippen LogP contribution is -2.33. The van der Waals surface area contributed by atoms with Crippen molar-refractivity contribution in [2.45, 2.75) is 10.8 Å². The standard InChI is InChI=1S/C78H48N2/c1-3-23-49(24-4-1)77(50-25-5-2-6-26-50)64-37-16-13-34-61(64)74-59-33-12-11-31-57(59)73(48-69(74)77)79(51-45-46-56-54-29-8-7-27-52(54)53-28-9-10-30-55(53)63(56)47-51)72-44-22-40-67-75(72)62-35-14-17-38-65(62)78(67)66-39-18-20-43-71(66)80-70-42-19-15-32-58(70)60-36-21-41-68(78)76(60)80/h1-48H. The van der Waals surface area contributed by atoms with E-state index in [1.54, 1.807) is 0 Å². The highest BCUT2D eigenvalue weighted by Gasteiger charge is 2.52. The lowest BCUT2D eigenvalue weighted by atomic mass is 9.65. The summed E-state index contributed by atoms with van der Waals surface area (Å²) in [6.45, 7) is 0. The molecule has 2 heterocycles. The molecule has 80 heavy (non-hydrogen) atoms. The van der Waals surface area contributed by atoms with Crippen molar-refractivity contribution in [2.75, 3.05) is 4.90 Å². The Hall–Kier alpha value is -10.3. The lowest BCUT2D eigenvalue weighted by Gasteiger charge is -2.40. The summed E-state index contributed by atoms with van der Waals surface area (Å²) in [6, 6.07) is 110. The maximum Gasteiger partial charge on any atom is 0.0755 e. The number of hydrogen-bond acceptors (Lipinski definition) is 1. The van der Waals surface area contributed by atoms with Gasteiger partial charge in [-0.05, 0) is 135 Å². The first kappa shape index (κ1) is 43.8. The zero-order chi connectivity index (χ0) is 52.3. The highest BCUT2D eigenvalue weighted by molar-refractivity contribution is 6.26. The Bertz CT molecular complexity index is 5070. The van der Waals surface area contributed by atoms with Crippen molar-refractivity contribution in [2.24, 2.45) is 0 Å². The van der Waals surface area contributed by atoms with E-state index >= 15 is 0 Å². The molecule has 0 N–H and O–H groups in total. The Labute approximate surface area is 463 Å². The molecular weight excluding hydrogens is 965 g/mol. The van der Waals surface area contributed by atoms with Gasteiger partial charge in [-0.2, -0.15) is 0 Å². The smallest absolute Gasteiger partial charge is 0.0755 e. The largest absolute Gasteiger partial charge is 0.309 e. The summed E-state index contributed by atoms with van der Waals surface area (Å²) in [5, 5.41) is 12.5. The monoisotopic (exact) mass is 1010 g/mol. The number of anilines is 3. The van der Waals surface area contributed by atoms with Crippen LogP contribution in [0.25, 0.3) is 92.8 Å². The minimum absolute atomic E-state index is 0.629. The van der Waals surface area contributed by atoms with E-state index in [2.05, 4.69) is 301 Å². The number of aromatic nitrogens is 1. The fourth-order valence-corrected chi connectivity index (χ4v) is 15.7. The first-order valence-corrected chi connectivity index (χ1v) is 28.0. The quantitative estimate of drug-likeness (QED) is 0.156. The van der Waals surface area contributed by atoms with Crippen LogP contribution in [-0.4, -0.2) is 4.57 Å². The average Bonchev–Trinajstić information content (AvgIpc) is 4.07.